The van der Waals surface area contributed by atoms with Crippen LogP contribution in [0.15, 0.2) is 16.5 Å². The van der Waals surface area contributed by atoms with Gasteiger partial charge in [-0.25, -0.2) is 4.79 Å². The van der Waals surface area contributed by atoms with Gasteiger partial charge in [0.05, 0.1) is 12.1 Å². The molecule has 6 nitrogen and oxygen atoms in total. The van der Waals surface area contributed by atoms with E-state index in [0.717, 1.165) is 0 Å². The fraction of sp³-hybridized carbons (Fsp3) is 0.571. The van der Waals surface area contributed by atoms with Crippen LogP contribution in [0.3, 0.4) is 0 Å². The number of hydrogen-bond donors (Lipinski definition) is 2. The van der Waals surface area contributed by atoms with Gasteiger partial charge in [0.25, 0.3) is 0 Å². The van der Waals surface area contributed by atoms with Crippen LogP contribution in [0.25, 0.3) is 0 Å². The Morgan fingerprint density at radius 2 is 1.90 bits per heavy atom. The predicted octanol–water partition coefficient (Wildman–Crippen LogP) is 1.89. The van der Waals surface area contributed by atoms with Crippen LogP contribution in [0, 0.1) is 0 Å². The summed E-state index contributed by atoms with van der Waals surface area (Å²) in [7, 11) is 0. The standard InChI is InChI=1S/C14H22N2O4/c1-5-16(6-2)13(17)10(4)15-9(3)11-7-8-12(20-11)14(18)19/h7-10,15H,5-6H2,1-4H3,(H,18,19). The van der Waals surface area contributed by atoms with Crippen molar-refractivity contribution in [2.75, 3.05) is 13.1 Å². The van der Waals surface area contributed by atoms with Crippen LogP contribution >= 0.6 is 0 Å². The lowest BCUT2D eigenvalue weighted by atomic mass is 10.2. The Morgan fingerprint density at radius 1 is 1.30 bits per heavy atom. The summed E-state index contributed by atoms with van der Waals surface area (Å²) < 4.78 is 5.21. The van der Waals surface area contributed by atoms with Gasteiger partial charge in [-0.2, -0.15) is 0 Å². The normalized spacial score (nSPS) is 13.8. The van der Waals surface area contributed by atoms with Crippen LogP contribution in [0.4, 0.5) is 0 Å². The van der Waals surface area contributed by atoms with Gasteiger partial charge in [-0.1, -0.05) is 0 Å². The first-order valence-corrected chi connectivity index (χ1v) is 6.78. The molecule has 2 unspecified atom stereocenters. The second-order valence-electron chi connectivity index (χ2n) is 4.63. The SMILES string of the molecule is CCN(CC)C(=O)C(C)NC(C)c1ccc(C(=O)O)o1. The zero-order valence-electron chi connectivity index (χ0n) is 12.3. The van der Waals surface area contributed by atoms with Crippen molar-refractivity contribution < 1.29 is 19.1 Å². The molecule has 2 atom stereocenters. The van der Waals surface area contributed by atoms with Gasteiger partial charge in [-0.3, -0.25) is 10.1 Å². The van der Waals surface area contributed by atoms with E-state index in [9.17, 15) is 9.59 Å². The molecule has 112 valence electrons. The molecule has 0 spiro atoms. The fourth-order valence-electron chi connectivity index (χ4n) is 2.04. The van der Waals surface area contributed by atoms with Crippen molar-refractivity contribution >= 4 is 11.9 Å². The summed E-state index contributed by atoms with van der Waals surface area (Å²) in [6, 6.07) is 2.42. The van der Waals surface area contributed by atoms with Crippen molar-refractivity contribution in [2.45, 2.75) is 39.8 Å². The molecule has 1 amide bonds. The van der Waals surface area contributed by atoms with Crippen LogP contribution in [0.1, 0.15) is 50.1 Å². The Balaban J connectivity index is 2.66. The maximum absolute atomic E-state index is 12.1. The van der Waals surface area contributed by atoms with Gasteiger partial charge in [0.2, 0.25) is 11.7 Å². The zero-order chi connectivity index (χ0) is 15.3. The van der Waals surface area contributed by atoms with Crippen LogP contribution in [0.5, 0.6) is 0 Å². The van der Waals surface area contributed by atoms with Crippen molar-refractivity contribution in [2.24, 2.45) is 0 Å². The monoisotopic (exact) mass is 282 g/mol. The molecule has 1 heterocycles. The molecule has 20 heavy (non-hydrogen) atoms. The van der Waals surface area contributed by atoms with Gasteiger partial charge in [0.15, 0.2) is 0 Å². The largest absolute Gasteiger partial charge is 0.475 e. The highest BCUT2D eigenvalue weighted by Crippen LogP contribution is 2.17. The molecule has 0 aromatic carbocycles. The number of amides is 1. The molecule has 1 aromatic rings. The molecule has 0 saturated heterocycles. The number of furan rings is 1. The number of likely N-dealkylation sites (N-methyl/N-ethyl adjacent to an activating group) is 1. The number of carboxylic acids is 1. The Bertz CT molecular complexity index is 465. The molecule has 0 aliphatic carbocycles. The average molecular weight is 282 g/mol. The number of aromatic carboxylic acids is 1. The van der Waals surface area contributed by atoms with Crippen LogP contribution in [0.2, 0.25) is 0 Å². The molecule has 0 saturated carbocycles. The third-order valence-electron chi connectivity index (χ3n) is 3.21. The van der Waals surface area contributed by atoms with E-state index in [1.165, 1.54) is 6.07 Å². The van der Waals surface area contributed by atoms with E-state index in [1.807, 2.05) is 20.8 Å². The summed E-state index contributed by atoms with van der Waals surface area (Å²) in [4.78, 5) is 24.6. The summed E-state index contributed by atoms with van der Waals surface area (Å²) in [5, 5.41) is 11.9. The highest BCUT2D eigenvalue weighted by molar-refractivity contribution is 5.84. The molecule has 0 aliphatic rings. The van der Waals surface area contributed by atoms with Crippen molar-refractivity contribution in [1.29, 1.82) is 0 Å². The maximum atomic E-state index is 12.1. The molecule has 1 aromatic heterocycles. The summed E-state index contributed by atoms with van der Waals surface area (Å²) >= 11 is 0. The Labute approximate surface area is 118 Å². The number of rotatable bonds is 7. The van der Waals surface area contributed by atoms with Crippen LogP contribution in [-0.2, 0) is 4.79 Å². The molecule has 6 heteroatoms. The first kappa shape index (κ1) is 16.2. The maximum Gasteiger partial charge on any atom is 0.371 e. The Kier molecular flexibility index (Phi) is 5.76. The number of nitrogens with zero attached hydrogens (tertiary/aromatic N) is 1. The molecule has 0 bridgehead atoms. The minimum Gasteiger partial charge on any atom is -0.475 e. The second-order valence-corrected chi connectivity index (χ2v) is 4.63. The average Bonchev–Trinajstić information content (AvgIpc) is 2.89. The smallest absolute Gasteiger partial charge is 0.371 e. The quantitative estimate of drug-likeness (QED) is 0.798. The molecule has 2 N–H and O–H groups in total. The Hall–Kier alpha value is -1.82. The summed E-state index contributed by atoms with van der Waals surface area (Å²) in [6.07, 6.45) is 0. The van der Waals surface area contributed by atoms with E-state index in [0.29, 0.717) is 18.8 Å². The van der Waals surface area contributed by atoms with E-state index in [2.05, 4.69) is 5.32 Å². The summed E-state index contributed by atoms with van der Waals surface area (Å²) in [6.45, 7) is 8.82. The Morgan fingerprint density at radius 3 is 2.35 bits per heavy atom. The lowest BCUT2D eigenvalue weighted by Crippen LogP contribution is -2.45. The first-order chi connectivity index (χ1) is 9.40. The third kappa shape index (κ3) is 3.84. The highest BCUT2D eigenvalue weighted by Gasteiger charge is 2.22. The highest BCUT2D eigenvalue weighted by atomic mass is 16.4. The number of carbonyl (C=O) groups is 2. The lowest BCUT2D eigenvalue weighted by molar-refractivity contribution is -0.132. The minimum absolute atomic E-state index is 0.0202. The predicted molar refractivity (Wildman–Crippen MR) is 74.6 cm³/mol. The van der Waals surface area contributed by atoms with Gasteiger partial charge in [-0.05, 0) is 39.8 Å². The van der Waals surface area contributed by atoms with E-state index < -0.39 is 5.97 Å². The number of nitrogens with one attached hydrogen (secondary N) is 1. The third-order valence-corrected chi connectivity index (χ3v) is 3.21. The molecule has 0 fully saturated rings. The summed E-state index contributed by atoms with van der Waals surface area (Å²) in [5.74, 6) is -0.680. The van der Waals surface area contributed by atoms with Crippen molar-refractivity contribution in [3.8, 4) is 0 Å². The van der Waals surface area contributed by atoms with Gasteiger partial charge in [-0.15, -0.1) is 0 Å². The van der Waals surface area contributed by atoms with Gasteiger partial charge in [0.1, 0.15) is 5.76 Å². The van der Waals surface area contributed by atoms with E-state index in [-0.39, 0.29) is 23.8 Å². The number of carbonyl (C=O) groups excluding carboxylic acids is 1. The topological polar surface area (TPSA) is 82.8 Å². The van der Waals surface area contributed by atoms with Gasteiger partial charge in [0, 0.05) is 13.1 Å². The van der Waals surface area contributed by atoms with Crippen LogP contribution < -0.4 is 5.32 Å². The van der Waals surface area contributed by atoms with Crippen molar-refractivity contribution in [1.82, 2.24) is 10.2 Å². The molecule has 1 rings (SSSR count). The molecule has 0 radical (unpaired) electrons. The number of carboxylic acid groups (broad SMARTS) is 1. The minimum atomic E-state index is -1.10. The van der Waals surface area contributed by atoms with Gasteiger partial charge >= 0.3 is 5.97 Å². The zero-order valence-corrected chi connectivity index (χ0v) is 12.3. The molecular weight excluding hydrogens is 260 g/mol. The van der Waals surface area contributed by atoms with E-state index in [1.54, 1.807) is 17.9 Å². The first-order valence-electron chi connectivity index (χ1n) is 6.78. The van der Waals surface area contributed by atoms with Gasteiger partial charge < -0.3 is 14.4 Å². The second kappa shape index (κ2) is 7.09. The van der Waals surface area contributed by atoms with E-state index in [4.69, 9.17) is 9.52 Å². The summed E-state index contributed by atoms with van der Waals surface area (Å²) in [5.41, 5.74) is 0. The van der Waals surface area contributed by atoms with E-state index >= 15 is 0 Å². The van der Waals surface area contributed by atoms with Crippen LogP contribution in [-0.4, -0.2) is 41.0 Å². The van der Waals surface area contributed by atoms with Crippen molar-refractivity contribution in [3.63, 3.8) is 0 Å². The fourth-order valence-corrected chi connectivity index (χ4v) is 2.04. The molecule has 0 aliphatic heterocycles. The number of hydrogen-bond acceptors (Lipinski definition) is 4. The van der Waals surface area contributed by atoms with Crippen molar-refractivity contribution in [3.05, 3.63) is 23.7 Å². The molecular formula is C14H22N2O4. The lowest BCUT2D eigenvalue weighted by Gasteiger charge is -2.25.